The number of benzene rings is 6. The molecule has 0 radical (unpaired) electrons. The molecule has 0 saturated heterocycles. The molecule has 12 aromatic rings. The number of hydrogen-bond acceptors (Lipinski definition) is 17. The summed E-state index contributed by atoms with van der Waals surface area (Å²) in [7, 11) is -1.60. The Hall–Kier alpha value is -9.02. The van der Waals surface area contributed by atoms with Crippen LogP contribution in [0.2, 0.25) is 10.0 Å². The monoisotopic (exact) mass is 1430 g/mol. The topological polar surface area (TPSA) is 333 Å². The smallest absolute Gasteiger partial charge is 0.481 e. The maximum atomic E-state index is 13.3. The Bertz CT molecular complexity index is 4270. The second-order valence-corrected chi connectivity index (χ2v) is 22.4. The van der Waals surface area contributed by atoms with Gasteiger partial charge in [0.25, 0.3) is 0 Å². The van der Waals surface area contributed by atoms with E-state index >= 15 is 0 Å². The maximum Gasteiger partial charge on any atom is 0.488 e. The number of fused-ring (bicyclic) bond motifs is 2. The first kappa shape index (κ1) is 67.5. The van der Waals surface area contributed by atoms with Gasteiger partial charge in [0.05, 0.1) is 49.9 Å². The highest BCUT2D eigenvalue weighted by Crippen LogP contribution is 2.28. The lowest BCUT2D eigenvalue weighted by molar-refractivity contribution is -0.136. The van der Waals surface area contributed by atoms with E-state index in [1.54, 1.807) is 67.5 Å². The highest BCUT2D eigenvalue weighted by Gasteiger charge is 2.13. The number of carbonyl (C=O) groups is 2. The van der Waals surface area contributed by atoms with Crippen molar-refractivity contribution in [3.63, 3.8) is 0 Å². The molecule has 0 amide bonds. The van der Waals surface area contributed by atoms with Crippen LogP contribution in [0.3, 0.4) is 0 Å². The number of nitrogens with two attached hydrogens (primary N) is 3. The van der Waals surface area contributed by atoms with E-state index < -0.39 is 24.7 Å². The van der Waals surface area contributed by atoms with Gasteiger partial charge in [-0.2, -0.15) is 0 Å². The molecule has 0 aliphatic rings. The van der Waals surface area contributed by atoms with Gasteiger partial charge in [-0.25, -0.2) is 58.6 Å². The fourth-order valence-corrected chi connectivity index (χ4v) is 9.33. The maximum absolute atomic E-state index is 13.3. The van der Waals surface area contributed by atoms with E-state index in [9.17, 15) is 18.4 Å². The van der Waals surface area contributed by atoms with Crippen LogP contribution in [0.25, 0.3) is 33.2 Å². The van der Waals surface area contributed by atoms with Gasteiger partial charge in [0.2, 0.25) is 0 Å². The molecule has 20 nitrogen and oxygen atoms in total. The van der Waals surface area contributed by atoms with Crippen molar-refractivity contribution in [1.29, 1.82) is 0 Å². The number of carboxylic acid groups (broad SMARTS) is 1. The van der Waals surface area contributed by atoms with Gasteiger partial charge in [-0.05, 0) is 135 Å². The number of carbonyl (C=O) groups excluding carboxylic acids is 1. The number of H-pyrrole nitrogens is 2. The highest BCUT2D eigenvalue weighted by molar-refractivity contribution is 9.11. The number of aliphatic carboxylic acids is 1. The number of rotatable bonds is 12. The molecular formula is C61H51BBr3Cl2F2N15O5. The largest absolute Gasteiger partial charge is 0.488 e. The van der Waals surface area contributed by atoms with Crippen LogP contribution in [-0.4, -0.2) is 93.8 Å². The van der Waals surface area contributed by atoms with E-state index in [4.69, 9.17) is 55.6 Å². The molecule has 0 saturated carbocycles. The van der Waals surface area contributed by atoms with Gasteiger partial charge in [0.1, 0.15) is 54.4 Å². The normalized spacial score (nSPS) is 10.3. The average molecular weight is 1430 g/mol. The molecule has 0 unspecified atom stereocenters. The number of nitrogens with zero attached hydrogens (tertiary/aromatic N) is 10. The summed E-state index contributed by atoms with van der Waals surface area (Å²) in [6.07, 6.45) is 21.2. The number of imidazole rings is 2. The Kier molecular flexibility index (Phi) is 25.7. The SMILES string of the molecule is Brc1ccc2nc(Cc3cncnc3)[nH]c2c1.Fc1ccc(-c2ccc3nc(Cc4cncnc4)[nH]c3c2)cc1Cl.Nc1ccc(Br)cc1CC(=O)Cc1cncnc1.Nc1ccc(Br)cc1N.O=C(O)Cc1cncnc1.OB(O)c1ccc(F)c(Cl)c1. The number of nitrogens with one attached hydrogen (secondary N) is 2. The first-order valence-electron chi connectivity index (χ1n) is 26.2. The van der Waals surface area contributed by atoms with Crippen LogP contribution in [0.1, 0.15) is 39.5 Å². The number of ketones is 1. The number of hydrogen-bond donors (Lipinski definition) is 8. The van der Waals surface area contributed by atoms with E-state index in [2.05, 4.69) is 108 Å². The second-order valence-electron chi connectivity index (χ2n) is 18.9. The van der Waals surface area contributed by atoms with Crippen molar-refractivity contribution < 1.29 is 33.5 Å². The van der Waals surface area contributed by atoms with Crippen molar-refractivity contribution in [2.75, 3.05) is 17.2 Å². The summed E-state index contributed by atoms with van der Waals surface area (Å²) in [6.45, 7) is 0. The van der Waals surface area contributed by atoms with Gasteiger partial charge in [0.15, 0.2) is 0 Å². The van der Waals surface area contributed by atoms with E-state index in [1.807, 2.05) is 54.6 Å². The fraction of sp³-hybridized carbons (Fsp3) is 0.0820. The lowest BCUT2D eigenvalue weighted by Gasteiger charge is -2.05. The van der Waals surface area contributed by atoms with Gasteiger partial charge in [-0.1, -0.05) is 89.2 Å². The molecule has 12 rings (SSSR count). The van der Waals surface area contributed by atoms with Gasteiger partial charge in [-0.3, -0.25) is 9.59 Å². The van der Waals surface area contributed by atoms with Crippen molar-refractivity contribution >= 4 is 134 Å². The van der Waals surface area contributed by atoms with Gasteiger partial charge in [0, 0.05) is 94.4 Å². The van der Waals surface area contributed by atoms with Crippen LogP contribution in [0.5, 0.6) is 0 Å². The van der Waals surface area contributed by atoms with Crippen LogP contribution in [0.4, 0.5) is 25.8 Å². The van der Waals surface area contributed by atoms with Crippen LogP contribution < -0.4 is 22.7 Å². The highest BCUT2D eigenvalue weighted by atomic mass is 79.9. The number of aromatic amines is 2. The standard InChI is InChI=1S/C18H12ClFN4.C13H12BrN3O.C12H9BrN4.C6H5BClFO2.C6H7BrN2.C6H6N2O2/c19-14-6-12(1-3-15(14)20)13-2-4-16-17(7-13)24-18(23-16)5-11-8-21-10-22-9-11;14-11-1-2-13(15)10(4-11)5-12(18)3-9-6-16-8-17-7-9;13-9-1-2-10-11(4-9)17-12(16-10)3-8-5-14-7-15-6-8;8-5-3-4(7(10)11)1-2-6(5)9;7-4-1-2-5(8)6(9)3-4;9-6(10)1-5-2-7-4-8-3-5/h1-4,6-10H,5H2,(H,23,24);1-2,4,6-8H,3,5,15H2;1-2,4-7H,3H2,(H,16,17);1-3,10-11H;1-3H,8-9H2;2-4H,1H2,(H,9,10). The Morgan fingerprint density at radius 2 is 0.910 bits per heavy atom. The number of halogens is 7. The second kappa shape index (κ2) is 33.9. The summed E-state index contributed by atoms with van der Waals surface area (Å²) in [5.74, 6) is -0.00198. The minimum Gasteiger partial charge on any atom is -0.481 e. The van der Waals surface area contributed by atoms with Crippen molar-refractivity contribution in [2.24, 2.45) is 0 Å². The molecule has 6 heterocycles. The summed E-state index contributed by atoms with van der Waals surface area (Å²) >= 11 is 21.3. The van der Waals surface area contributed by atoms with E-state index in [-0.39, 0.29) is 27.7 Å². The minimum atomic E-state index is -1.60. The first-order valence-corrected chi connectivity index (χ1v) is 29.3. The van der Waals surface area contributed by atoms with E-state index in [1.165, 1.54) is 55.9 Å². The molecule has 11 N–H and O–H groups in total. The average Bonchev–Trinajstić information content (AvgIpc) is 2.50. The summed E-state index contributed by atoms with van der Waals surface area (Å²) in [6, 6.07) is 31.0. The number of nitrogen functional groups attached to an aromatic ring is 3. The van der Waals surface area contributed by atoms with Crippen LogP contribution in [0, 0.1) is 11.6 Å². The predicted molar refractivity (Wildman–Crippen MR) is 351 cm³/mol. The lowest BCUT2D eigenvalue weighted by atomic mass is 9.80. The number of anilines is 3. The summed E-state index contributed by atoms with van der Waals surface area (Å²) < 4.78 is 28.7. The molecule has 452 valence electrons. The molecular weight excluding hydrogens is 1380 g/mol. The van der Waals surface area contributed by atoms with Crippen molar-refractivity contribution in [3.8, 4) is 11.1 Å². The van der Waals surface area contributed by atoms with Gasteiger partial charge in [-0.15, -0.1) is 0 Å². The zero-order valence-corrected chi connectivity index (χ0v) is 52.7. The fourth-order valence-electron chi connectivity index (χ4n) is 7.81. The van der Waals surface area contributed by atoms with E-state index in [0.29, 0.717) is 48.3 Å². The van der Waals surface area contributed by atoms with Crippen molar-refractivity contribution in [2.45, 2.75) is 32.1 Å². The molecule has 0 atom stereocenters. The third-order valence-electron chi connectivity index (χ3n) is 12.0. The number of Topliss-reactive ketones (excluding diaryl/α,β-unsaturated/α-hetero) is 1. The van der Waals surface area contributed by atoms with Crippen LogP contribution >= 0.6 is 71.0 Å². The quantitative estimate of drug-likeness (QED) is 0.0416. The van der Waals surface area contributed by atoms with Gasteiger partial charge < -0.3 is 42.3 Å². The predicted octanol–water partition coefficient (Wildman–Crippen LogP) is 11.2. The Balaban J connectivity index is 0.000000158. The lowest BCUT2D eigenvalue weighted by Crippen LogP contribution is -2.29. The molecule has 6 aromatic heterocycles. The van der Waals surface area contributed by atoms with Crippen molar-refractivity contribution in [1.82, 2.24) is 59.8 Å². The minimum absolute atomic E-state index is 0.0131. The third kappa shape index (κ3) is 22.3. The Morgan fingerprint density at radius 1 is 0.483 bits per heavy atom. The molecule has 0 bridgehead atoms. The van der Waals surface area contributed by atoms with Gasteiger partial charge >= 0.3 is 13.1 Å². The van der Waals surface area contributed by atoms with E-state index in [0.717, 1.165) is 86.6 Å². The zero-order chi connectivity index (χ0) is 63.8. The number of aromatic nitrogens is 12. The summed E-state index contributed by atoms with van der Waals surface area (Å²) in [4.78, 5) is 68.8. The Morgan fingerprint density at radius 3 is 1.40 bits per heavy atom. The molecule has 6 aromatic carbocycles. The molecule has 89 heavy (non-hydrogen) atoms. The first-order chi connectivity index (χ1) is 42.7. The third-order valence-corrected chi connectivity index (χ3v) is 14.1. The van der Waals surface area contributed by atoms with Crippen LogP contribution in [0.15, 0.2) is 197 Å². The Labute approximate surface area is 543 Å². The molecule has 0 aliphatic carbocycles. The molecule has 0 fully saturated rings. The summed E-state index contributed by atoms with van der Waals surface area (Å²) in [5, 5.41) is 25.5. The van der Waals surface area contributed by atoms with Crippen molar-refractivity contribution in [3.05, 3.63) is 259 Å². The summed E-state index contributed by atoms with van der Waals surface area (Å²) in [5.41, 5.74) is 28.7. The molecule has 0 aliphatic heterocycles. The van der Waals surface area contributed by atoms with Crippen LogP contribution in [-0.2, 0) is 41.7 Å². The molecule has 0 spiro atoms. The number of carboxylic acids is 1. The zero-order valence-electron chi connectivity index (χ0n) is 46.4. The molecule has 28 heteroatoms.